The number of guanidine groups is 1. The second-order valence-electron chi connectivity index (χ2n) is 6.00. The molecular formula is C20H30N4OS. The fourth-order valence-electron chi connectivity index (χ4n) is 2.44. The van der Waals surface area contributed by atoms with Gasteiger partial charge in [-0.1, -0.05) is 30.3 Å². The van der Waals surface area contributed by atoms with Crippen molar-refractivity contribution in [3.63, 3.8) is 0 Å². The van der Waals surface area contributed by atoms with Gasteiger partial charge in [-0.2, -0.15) is 0 Å². The Balaban J connectivity index is 1.57. The quantitative estimate of drug-likeness (QED) is 0.360. The fourth-order valence-corrected chi connectivity index (χ4v) is 3.23. The first-order valence-electron chi connectivity index (χ1n) is 9.33. The Morgan fingerprint density at radius 2 is 2.00 bits per heavy atom. The molecule has 0 bridgehead atoms. The lowest BCUT2D eigenvalue weighted by atomic mass is 10.2. The SMILES string of the molecule is CCNC(=NCCCOCCc1ccccc1)NCCc1ncc(C)s1. The number of aliphatic imine (C=N–C) groups is 1. The Bertz CT molecular complexity index is 642. The molecular weight excluding hydrogens is 344 g/mol. The molecule has 0 atom stereocenters. The molecule has 0 fully saturated rings. The van der Waals surface area contributed by atoms with Crippen LogP contribution < -0.4 is 10.6 Å². The minimum atomic E-state index is 0.744. The number of rotatable bonds is 11. The van der Waals surface area contributed by atoms with Crippen LogP contribution in [-0.2, 0) is 17.6 Å². The standard InChI is InChI=1S/C20H30N4OS/c1-3-21-20(23-13-10-19-24-16-17(2)26-19)22-12-7-14-25-15-11-18-8-5-4-6-9-18/h4-6,8-9,16H,3,7,10-15H2,1-2H3,(H2,21,22,23). The minimum absolute atomic E-state index is 0.744. The first-order chi connectivity index (χ1) is 12.8. The summed E-state index contributed by atoms with van der Waals surface area (Å²) in [6.07, 6.45) is 4.74. The van der Waals surface area contributed by atoms with E-state index in [1.807, 2.05) is 12.3 Å². The van der Waals surface area contributed by atoms with Crippen LogP contribution in [0.4, 0.5) is 0 Å². The predicted octanol–water partition coefficient (Wildman–Crippen LogP) is 3.20. The van der Waals surface area contributed by atoms with Crippen LogP contribution in [0.2, 0.25) is 0 Å². The third-order valence-corrected chi connectivity index (χ3v) is 4.71. The van der Waals surface area contributed by atoms with Crippen molar-refractivity contribution in [2.75, 3.05) is 32.8 Å². The van der Waals surface area contributed by atoms with E-state index < -0.39 is 0 Å². The van der Waals surface area contributed by atoms with E-state index in [4.69, 9.17) is 4.74 Å². The molecule has 142 valence electrons. The van der Waals surface area contributed by atoms with Gasteiger partial charge in [-0.05, 0) is 32.3 Å². The molecule has 1 aromatic heterocycles. The summed E-state index contributed by atoms with van der Waals surface area (Å²) in [5.74, 6) is 0.866. The van der Waals surface area contributed by atoms with Crippen LogP contribution in [0.25, 0.3) is 0 Å². The minimum Gasteiger partial charge on any atom is -0.381 e. The number of benzene rings is 1. The number of nitrogens with zero attached hydrogens (tertiary/aromatic N) is 2. The van der Waals surface area contributed by atoms with Gasteiger partial charge < -0.3 is 15.4 Å². The van der Waals surface area contributed by atoms with E-state index in [1.165, 1.54) is 10.4 Å². The summed E-state index contributed by atoms with van der Waals surface area (Å²) in [7, 11) is 0. The summed E-state index contributed by atoms with van der Waals surface area (Å²) in [5.41, 5.74) is 1.32. The van der Waals surface area contributed by atoms with Crippen molar-refractivity contribution in [3.8, 4) is 0 Å². The van der Waals surface area contributed by atoms with Crippen molar-refractivity contribution >= 4 is 17.3 Å². The molecule has 1 aromatic carbocycles. The Kier molecular flexibility index (Phi) is 9.75. The number of nitrogens with one attached hydrogen (secondary N) is 2. The zero-order valence-electron chi connectivity index (χ0n) is 15.8. The molecule has 2 rings (SSSR count). The van der Waals surface area contributed by atoms with Gasteiger partial charge >= 0.3 is 0 Å². The van der Waals surface area contributed by atoms with E-state index in [-0.39, 0.29) is 0 Å². The highest BCUT2D eigenvalue weighted by Crippen LogP contribution is 2.10. The number of ether oxygens (including phenoxy) is 1. The highest BCUT2D eigenvalue weighted by Gasteiger charge is 2.01. The van der Waals surface area contributed by atoms with Crippen LogP contribution in [-0.4, -0.2) is 43.8 Å². The third-order valence-electron chi connectivity index (χ3n) is 3.74. The Hall–Kier alpha value is -1.92. The average Bonchev–Trinajstić information content (AvgIpc) is 3.07. The van der Waals surface area contributed by atoms with Crippen molar-refractivity contribution < 1.29 is 4.74 Å². The molecule has 0 unspecified atom stereocenters. The number of hydrogen-bond acceptors (Lipinski definition) is 4. The maximum atomic E-state index is 5.70. The Labute approximate surface area is 160 Å². The van der Waals surface area contributed by atoms with Crippen molar-refractivity contribution in [3.05, 3.63) is 52.0 Å². The second-order valence-corrected chi connectivity index (χ2v) is 7.32. The smallest absolute Gasteiger partial charge is 0.191 e. The Morgan fingerprint density at radius 3 is 2.73 bits per heavy atom. The van der Waals surface area contributed by atoms with Gasteiger partial charge in [0.1, 0.15) is 0 Å². The zero-order chi connectivity index (χ0) is 18.5. The van der Waals surface area contributed by atoms with Crippen LogP contribution in [0.15, 0.2) is 41.5 Å². The van der Waals surface area contributed by atoms with Crippen LogP contribution in [0.3, 0.4) is 0 Å². The molecule has 0 aliphatic carbocycles. The molecule has 5 nitrogen and oxygen atoms in total. The fraction of sp³-hybridized carbons (Fsp3) is 0.500. The highest BCUT2D eigenvalue weighted by molar-refractivity contribution is 7.11. The van der Waals surface area contributed by atoms with E-state index >= 15 is 0 Å². The van der Waals surface area contributed by atoms with E-state index in [9.17, 15) is 0 Å². The summed E-state index contributed by atoms with van der Waals surface area (Å²) in [4.78, 5) is 10.2. The second kappa shape index (κ2) is 12.4. The van der Waals surface area contributed by atoms with Crippen LogP contribution >= 0.6 is 11.3 Å². The van der Waals surface area contributed by atoms with Gasteiger partial charge in [-0.15, -0.1) is 11.3 Å². The maximum absolute atomic E-state index is 5.70. The molecule has 0 spiro atoms. The van der Waals surface area contributed by atoms with Gasteiger partial charge in [0.15, 0.2) is 5.96 Å². The van der Waals surface area contributed by atoms with Crippen LogP contribution in [0.5, 0.6) is 0 Å². The van der Waals surface area contributed by atoms with Crippen molar-refractivity contribution in [2.45, 2.75) is 33.1 Å². The molecule has 0 aliphatic rings. The molecule has 1 heterocycles. The number of hydrogen-bond donors (Lipinski definition) is 2. The normalized spacial score (nSPS) is 11.5. The molecule has 0 amide bonds. The summed E-state index contributed by atoms with van der Waals surface area (Å²) < 4.78 is 5.70. The van der Waals surface area contributed by atoms with Crippen molar-refractivity contribution in [1.82, 2.24) is 15.6 Å². The van der Waals surface area contributed by atoms with Gasteiger partial charge in [0.2, 0.25) is 0 Å². The summed E-state index contributed by atoms with van der Waals surface area (Å²) >= 11 is 1.75. The first-order valence-corrected chi connectivity index (χ1v) is 10.1. The largest absolute Gasteiger partial charge is 0.381 e. The third kappa shape index (κ3) is 8.45. The summed E-state index contributed by atoms with van der Waals surface area (Å²) in [5, 5.41) is 7.81. The number of aryl methyl sites for hydroxylation is 1. The van der Waals surface area contributed by atoms with Gasteiger partial charge in [0.05, 0.1) is 11.6 Å². The topological polar surface area (TPSA) is 58.5 Å². The molecule has 0 radical (unpaired) electrons. The molecule has 2 N–H and O–H groups in total. The van der Waals surface area contributed by atoms with Crippen LogP contribution in [0, 0.1) is 6.92 Å². The van der Waals surface area contributed by atoms with E-state index in [0.717, 1.165) is 63.1 Å². The monoisotopic (exact) mass is 374 g/mol. The lowest BCUT2D eigenvalue weighted by molar-refractivity contribution is 0.136. The van der Waals surface area contributed by atoms with Crippen LogP contribution in [0.1, 0.15) is 28.8 Å². The van der Waals surface area contributed by atoms with Gasteiger partial charge in [0, 0.05) is 43.7 Å². The molecule has 26 heavy (non-hydrogen) atoms. The summed E-state index contributed by atoms with van der Waals surface area (Å²) in [6.45, 7) is 8.13. The molecule has 2 aromatic rings. The molecule has 0 saturated heterocycles. The molecule has 6 heteroatoms. The number of aromatic nitrogens is 1. The van der Waals surface area contributed by atoms with E-state index in [0.29, 0.717) is 0 Å². The van der Waals surface area contributed by atoms with Crippen molar-refractivity contribution in [2.24, 2.45) is 4.99 Å². The van der Waals surface area contributed by atoms with E-state index in [1.54, 1.807) is 11.3 Å². The van der Waals surface area contributed by atoms with Crippen molar-refractivity contribution in [1.29, 1.82) is 0 Å². The number of thiazole rings is 1. The van der Waals surface area contributed by atoms with E-state index in [2.05, 4.69) is 58.7 Å². The highest BCUT2D eigenvalue weighted by atomic mass is 32.1. The summed E-state index contributed by atoms with van der Waals surface area (Å²) in [6, 6.07) is 10.4. The lowest BCUT2D eigenvalue weighted by Crippen LogP contribution is -2.38. The predicted molar refractivity (Wildman–Crippen MR) is 110 cm³/mol. The van der Waals surface area contributed by atoms with Gasteiger partial charge in [0.25, 0.3) is 0 Å². The van der Waals surface area contributed by atoms with Gasteiger partial charge in [-0.25, -0.2) is 4.98 Å². The maximum Gasteiger partial charge on any atom is 0.191 e. The molecule has 0 aliphatic heterocycles. The first kappa shape index (κ1) is 20.4. The lowest BCUT2D eigenvalue weighted by Gasteiger charge is -2.10. The van der Waals surface area contributed by atoms with Gasteiger partial charge in [-0.3, -0.25) is 4.99 Å². The average molecular weight is 375 g/mol. The molecule has 0 saturated carbocycles. The Morgan fingerprint density at radius 1 is 1.15 bits per heavy atom. The zero-order valence-corrected chi connectivity index (χ0v) is 16.6.